The van der Waals surface area contributed by atoms with Gasteiger partial charge < -0.3 is 15.2 Å². The smallest absolute Gasteiger partial charge is 0.296 e. The first-order chi connectivity index (χ1) is 35.0. The van der Waals surface area contributed by atoms with Gasteiger partial charge in [0.2, 0.25) is 16.9 Å². The van der Waals surface area contributed by atoms with Gasteiger partial charge in [-0.1, -0.05) is 35.6 Å². The third-order valence-electron chi connectivity index (χ3n) is 11.0. The lowest BCUT2D eigenvalue weighted by molar-refractivity contribution is -0.114. The summed E-state index contributed by atoms with van der Waals surface area (Å²) in [5, 5.41) is 52.5. The van der Waals surface area contributed by atoms with Crippen LogP contribution in [-0.4, -0.2) is 88.2 Å². The van der Waals surface area contributed by atoms with Gasteiger partial charge >= 0.3 is 0 Å². The van der Waals surface area contributed by atoms with E-state index in [2.05, 4.69) is 52.0 Å². The molecule has 0 unspecified atom stereocenters. The van der Waals surface area contributed by atoms with Gasteiger partial charge in [-0.25, -0.2) is 9.97 Å². The summed E-state index contributed by atoms with van der Waals surface area (Å²) in [7, 11) is -13.3. The monoisotopic (exact) mass is 1100 g/mol. The van der Waals surface area contributed by atoms with Crippen LogP contribution in [-0.2, 0) is 35.1 Å². The fourth-order valence-electron chi connectivity index (χ4n) is 7.57. The van der Waals surface area contributed by atoms with Crippen molar-refractivity contribution >= 4 is 136 Å². The molecule has 0 aliphatic rings. The van der Waals surface area contributed by atoms with Crippen molar-refractivity contribution in [1.29, 1.82) is 5.26 Å². The van der Waals surface area contributed by atoms with E-state index in [1.54, 1.807) is 81.4 Å². The number of aromatic nitrogens is 3. The zero-order valence-electron chi connectivity index (χ0n) is 39.2. The molecule has 28 heteroatoms. The van der Waals surface area contributed by atoms with Crippen LogP contribution in [0.25, 0.3) is 37.7 Å². The number of thioether (sulfide) groups is 1. The lowest BCUT2D eigenvalue weighted by Gasteiger charge is -2.12. The third-order valence-corrected chi connectivity index (χ3v) is 15.6. The summed E-state index contributed by atoms with van der Waals surface area (Å²) in [6, 6.07) is 21.6. The van der Waals surface area contributed by atoms with Gasteiger partial charge in [0.25, 0.3) is 30.4 Å². The van der Waals surface area contributed by atoms with Crippen LogP contribution in [0, 0.1) is 32.1 Å². The number of carbonyl (C=O) groups excluding carboxylic acids is 1. The molecule has 0 saturated carbocycles. The van der Waals surface area contributed by atoms with E-state index in [1.165, 1.54) is 35.2 Å². The number of rotatable bonds is 18. The molecule has 0 bridgehead atoms. The molecule has 0 radical (unpaired) electrons. The van der Waals surface area contributed by atoms with E-state index in [9.17, 15) is 54.1 Å². The van der Waals surface area contributed by atoms with Crippen LogP contribution in [0.1, 0.15) is 42.0 Å². The molecule has 0 fully saturated rings. The van der Waals surface area contributed by atoms with Crippen molar-refractivity contribution in [3.05, 3.63) is 95.1 Å². The van der Waals surface area contributed by atoms with Crippen molar-refractivity contribution in [2.45, 2.75) is 50.3 Å². The van der Waals surface area contributed by atoms with Crippen molar-refractivity contribution in [3.63, 3.8) is 0 Å². The van der Waals surface area contributed by atoms with Gasteiger partial charge in [-0.05, 0) is 98.3 Å². The Kier molecular flexibility index (Phi) is 15.2. The number of aromatic hydroxyl groups is 1. The SMILES string of the molecule is CC(=O)Nc1ccc2nc3c(C#N)c(C)c(N=Nc4cc(C)c(N=Nc5cc(C)c(N=Nc6nc7c(S(=O)(=O)O)cc8ccccc8c7s6)cc5SCCCS(=O)(=O)O)cc4OCCCS(=O)(=O)O)c(O)n3c2c1. The fraction of sp³-hybridized carbons (Fsp3) is 0.217. The number of nitrogens with one attached hydrogen (secondary N) is 1. The van der Waals surface area contributed by atoms with Crippen LogP contribution in [0.15, 0.2) is 113 Å². The highest BCUT2D eigenvalue weighted by atomic mass is 32.2. The quantitative estimate of drug-likeness (QED) is 0.0231. The average Bonchev–Trinajstić information content (AvgIpc) is 3.93. The Labute approximate surface area is 430 Å². The predicted octanol–water partition coefficient (Wildman–Crippen LogP) is 11.2. The van der Waals surface area contributed by atoms with Gasteiger partial charge in [0.1, 0.15) is 33.5 Å². The molecule has 8 rings (SSSR count). The highest BCUT2D eigenvalue weighted by Gasteiger charge is 2.23. The first-order valence-corrected chi connectivity index (χ1v) is 28.3. The lowest BCUT2D eigenvalue weighted by Crippen LogP contribution is -2.08. The van der Waals surface area contributed by atoms with Crippen LogP contribution in [0.3, 0.4) is 0 Å². The molecule has 0 aliphatic heterocycles. The number of benzene rings is 5. The Morgan fingerprint density at radius 3 is 2.18 bits per heavy atom. The Morgan fingerprint density at radius 1 is 0.811 bits per heavy atom. The third kappa shape index (κ3) is 12.0. The molecule has 0 spiro atoms. The molecule has 382 valence electrons. The highest BCUT2D eigenvalue weighted by molar-refractivity contribution is 7.99. The van der Waals surface area contributed by atoms with Gasteiger partial charge in [0.15, 0.2) is 11.3 Å². The van der Waals surface area contributed by atoms with E-state index in [1.807, 2.05) is 0 Å². The molecule has 0 aliphatic carbocycles. The zero-order chi connectivity index (χ0) is 53.3. The summed E-state index contributed by atoms with van der Waals surface area (Å²) in [5.74, 6) is -1.62. The minimum absolute atomic E-state index is 0.0238. The lowest BCUT2D eigenvalue weighted by atomic mass is 10.1. The van der Waals surface area contributed by atoms with Crippen LogP contribution < -0.4 is 10.1 Å². The summed E-state index contributed by atoms with van der Waals surface area (Å²) in [6.07, 6.45) is -0.0611. The standard InChI is InChI=1S/C46H41N11O12S5/c1-24-17-35(53-55-41-26(3)31(23-47)44-49-32-12-11-29(48-27(4)58)20-37(32)57(44)45(41)59)38(69-13-7-15-72(60,61)62)21-33(24)51-54-36-18-25(2)34(22-39(36)70-14-8-16-73(63,64)65)52-56-46-50-42-40(74(66,67)68)19-28-9-5-6-10-30(28)43(42)71-46/h5-6,9-12,17-22,59H,7-8,13-16H2,1-4H3,(H,48,58)(H,60,61,62)(H,63,64,65)(H,66,67,68). The number of nitrogens with zero attached hydrogens (tertiary/aromatic N) is 10. The number of hydrogen-bond acceptors (Lipinski definition) is 20. The minimum atomic E-state index is -4.66. The molecule has 0 atom stereocenters. The maximum Gasteiger partial charge on any atom is 0.296 e. The van der Waals surface area contributed by atoms with E-state index in [0.29, 0.717) is 59.6 Å². The number of anilines is 1. The number of aryl methyl sites for hydroxylation is 2. The highest BCUT2D eigenvalue weighted by Crippen LogP contribution is 2.44. The summed E-state index contributed by atoms with van der Waals surface area (Å²) in [5.41, 5.74) is 3.59. The second-order valence-corrected chi connectivity index (χ2v) is 23.1. The number of amides is 1. The predicted molar refractivity (Wildman–Crippen MR) is 278 cm³/mol. The number of azo groups is 3. The minimum Gasteiger partial charge on any atom is -0.493 e. The summed E-state index contributed by atoms with van der Waals surface area (Å²) in [4.78, 5) is 20.8. The number of carbonyl (C=O) groups is 1. The first-order valence-electron chi connectivity index (χ1n) is 21.8. The van der Waals surface area contributed by atoms with E-state index < -0.39 is 47.7 Å². The maximum atomic E-state index is 12.4. The number of nitriles is 1. The molecule has 3 aromatic heterocycles. The molecular formula is C46H41N11O12S5. The molecule has 74 heavy (non-hydrogen) atoms. The number of pyridine rings is 1. The van der Waals surface area contributed by atoms with Crippen molar-refractivity contribution < 1.29 is 53.5 Å². The largest absolute Gasteiger partial charge is 0.493 e. The Hall–Kier alpha value is -7.36. The van der Waals surface area contributed by atoms with Crippen molar-refractivity contribution in [2.24, 2.45) is 30.7 Å². The van der Waals surface area contributed by atoms with Gasteiger partial charge in [-0.3, -0.25) is 22.9 Å². The van der Waals surface area contributed by atoms with Gasteiger partial charge in [0.05, 0.1) is 50.9 Å². The number of thiazole rings is 1. The average molecular weight is 1100 g/mol. The molecule has 23 nitrogen and oxygen atoms in total. The molecule has 5 N–H and O–H groups in total. The summed E-state index contributed by atoms with van der Waals surface area (Å²) in [6.45, 7) is 6.09. The Morgan fingerprint density at radius 2 is 1.47 bits per heavy atom. The van der Waals surface area contributed by atoms with Crippen LogP contribution in [0.2, 0.25) is 0 Å². The van der Waals surface area contributed by atoms with Crippen LogP contribution in [0.5, 0.6) is 11.6 Å². The maximum absolute atomic E-state index is 12.4. The van der Waals surface area contributed by atoms with E-state index in [0.717, 1.165) is 11.3 Å². The number of imidazole rings is 1. The van der Waals surface area contributed by atoms with E-state index in [-0.39, 0.29) is 86.2 Å². The second-order valence-electron chi connectivity index (χ2n) is 16.5. The van der Waals surface area contributed by atoms with Gasteiger partial charge in [0, 0.05) is 34.5 Å². The van der Waals surface area contributed by atoms with Crippen LogP contribution in [0.4, 0.5) is 39.3 Å². The summed E-state index contributed by atoms with van der Waals surface area (Å²) < 4.78 is 107. The molecule has 3 heterocycles. The zero-order valence-corrected chi connectivity index (χ0v) is 43.3. The molecule has 0 saturated heterocycles. The summed E-state index contributed by atoms with van der Waals surface area (Å²) >= 11 is 2.26. The van der Waals surface area contributed by atoms with Crippen molar-refractivity contribution in [3.8, 4) is 17.7 Å². The topological polar surface area (TPSA) is 350 Å². The fourth-order valence-corrected chi connectivity index (χ4v) is 11.4. The van der Waals surface area contributed by atoms with Crippen LogP contribution >= 0.6 is 23.1 Å². The molecule has 8 aromatic rings. The number of hydrogen-bond donors (Lipinski definition) is 5. The van der Waals surface area contributed by atoms with Gasteiger partial charge in [-0.15, -0.1) is 37.3 Å². The van der Waals surface area contributed by atoms with Gasteiger partial charge in [-0.2, -0.15) is 35.6 Å². The van der Waals surface area contributed by atoms with Crippen molar-refractivity contribution in [2.75, 3.05) is 29.2 Å². The molecular weight excluding hydrogens is 1060 g/mol. The Bertz CT molecular complexity index is 4100. The van der Waals surface area contributed by atoms with E-state index >= 15 is 0 Å². The first kappa shape index (κ1) is 52.9. The van der Waals surface area contributed by atoms with Crippen molar-refractivity contribution in [1.82, 2.24) is 14.4 Å². The molecule has 1 amide bonds. The Balaban J connectivity index is 1.16. The number of ether oxygens (including phenoxy) is 1. The second kappa shape index (κ2) is 21.2. The van der Waals surface area contributed by atoms with E-state index in [4.69, 9.17) is 4.74 Å². The normalized spacial score (nSPS) is 12.6. The molecule has 5 aromatic carbocycles. The number of fused-ring (bicyclic) bond motifs is 6.